The van der Waals surface area contributed by atoms with Gasteiger partial charge in [0.25, 0.3) is 0 Å². The Bertz CT molecular complexity index is 209. The van der Waals surface area contributed by atoms with Gasteiger partial charge in [-0.1, -0.05) is 32.1 Å². The fraction of sp³-hybridized carbons (Fsp3) is 1.00. The lowest BCUT2D eigenvalue weighted by Crippen LogP contribution is -2.58. The number of hydrogen-bond donors (Lipinski definition) is 1. The molecule has 2 heteroatoms. The summed E-state index contributed by atoms with van der Waals surface area (Å²) in [6.45, 7) is 4.58. The molecular formula is C14H28N2. The standard InChI is InChI=1S/C14H28N2/c1-13-8-4-2-7-11-16(13)14(12-15)9-5-3-6-10-14/h13H,2-12,15H2,1H3. The maximum atomic E-state index is 6.14. The maximum absolute atomic E-state index is 6.14. The molecule has 0 aromatic rings. The van der Waals surface area contributed by atoms with E-state index in [9.17, 15) is 0 Å². The maximum Gasteiger partial charge on any atom is 0.0334 e. The first-order chi connectivity index (χ1) is 7.78. The van der Waals surface area contributed by atoms with Crippen LogP contribution in [0.4, 0.5) is 0 Å². The van der Waals surface area contributed by atoms with E-state index in [0.29, 0.717) is 5.54 Å². The molecule has 2 rings (SSSR count). The molecule has 1 heterocycles. The van der Waals surface area contributed by atoms with E-state index < -0.39 is 0 Å². The summed E-state index contributed by atoms with van der Waals surface area (Å²) in [5.74, 6) is 0. The zero-order valence-corrected chi connectivity index (χ0v) is 10.9. The lowest BCUT2D eigenvalue weighted by Gasteiger charge is -2.48. The van der Waals surface area contributed by atoms with Gasteiger partial charge in [0.1, 0.15) is 0 Å². The molecule has 0 amide bonds. The number of likely N-dealkylation sites (tertiary alicyclic amines) is 1. The van der Waals surface area contributed by atoms with E-state index in [1.165, 1.54) is 64.3 Å². The van der Waals surface area contributed by atoms with Crippen LogP contribution in [0.5, 0.6) is 0 Å². The Morgan fingerprint density at radius 1 is 1.06 bits per heavy atom. The van der Waals surface area contributed by atoms with Crippen molar-refractivity contribution in [3.8, 4) is 0 Å². The first-order valence-electron chi connectivity index (χ1n) is 7.25. The molecule has 2 fully saturated rings. The minimum atomic E-state index is 0.363. The molecule has 1 aliphatic heterocycles. The van der Waals surface area contributed by atoms with Crippen molar-refractivity contribution in [1.82, 2.24) is 4.90 Å². The highest BCUT2D eigenvalue weighted by Crippen LogP contribution is 2.36. The Morgan fingerprint density at radius 3 is 2.44 bits per heavy atom. The molecule has 1 saturated heterocycles. The van der Waals surface area contributed by atoms with Crippen LogP contribution < -0.4 is 5.73 Å². The second-order valence-electron chi connectivity index (χ2n) is 5.88. The highest BCUT2D eigenvalue weighted by Gasteiger charge is 2.39. The molecule has 2 nitrogen and oxygen atoms in total. The largest absolute Gasteiger partial charge is 0.329 e. The van der Waals surface area contributed by atoms with Crippen LogP contribution in [0.15, 0.2) is 0 Å². The molecule has 0 aromatic carbocycles. The van der Waals surface area contributed by atoms with Crippen molar-refractivity contribution in [3.05, 3.63) is 0 Å². The van der Waals surface area contributed by atoms with Crippen LogP contribution in [0.3, 0.4) is 0 Å². The average molecular weight is 224 g/mol. The van der Waals surface area contributed by atoms with Gasteiger partial charge in [0.05, 0.1) is 0 Å². The molecule has 16 heavy (non-hydrogen) atoms. The Kier molecular flexibility index (Phi) is 4.26. The summed E-state index contributed by atoms with van der Waals surface area (Å²) in [7, 11) is 0. The monoisotopic (exact) mass is 224 g/mol. The number of rotatable bonds is 2. The van der Waals surface area contributed by atoms with Crippen LogP contribution in [0.1, 0.15) is 64.7 Å². The molecule has 0 spiro atoms. The second-order valence-corrected chi connectivity index (χ2v) is 5.88. The SMILES string of the molecule is CC1CCCCCN1C1(CN)CCCCC1. The van der Waals surface area contributed by atoms with E-state index >= 15 is 0 Å². The van der Waals surface area contributed by atoms with Crippen molar-refractivity contribution < 1.29 is 0 Å². The van der Waals surface area contributed by atoms with Gasteiger partial charge in [0, 0.05) is 18.1 Å². The van der Waals surface area contributed by atoms with Crippen molar-refractivity contribution >= 4 is 0 Å². The number of nitrogens with zero attached hydrogens (tertiary/aromatic N) is 1. The van der Waals surface area contributed by atoms with E-state index in [-0.39, 0.29) is 0 Å². The molecule has 0 bridgehead atoms. The number of nitrogens with two attached hydrogens (primary N) is 1. The Hall–Kier alpha value is -0.0800. The highest BCUT2D eigenvalue weighted by atomic mass is 15.2. The molecule has 2 aliphatic rings. The minimum Gasteiger partial charge on any atom is -0.329 e. The van der Waals surface area contributed by atoms with E-state index in [4.69, 9.17) is 5.73 Å². The molecule has 2 N–H and O–H groups in total. The van der Waals surface area contributed by atoms with Crippen LogP contribution >= 0.6 is 0 Å². The van der Waals surface area contributed by atoms with Crippen LogP contribution in [0.2, 0.25) is 0 Å². The van der Waals surface area contributed by atoms with Gasteiger partial charge in [-0.2, -0.15) is 0 Å². The zero-order chi connectivity index (χ0) is 11.4. The van der Waals surface area contributed by atoms with Gasteiger partial charge in [-0.05, 0) is 39.2 Å². The van der Waals surface area contributed by atoms with Crippen molar-refractivity contribution in [3.63, 3.8) is 0 Å². The average Bonchev–Trinajstić information content (AvgIpc) is 2.55. The molecule has 1 unspecified atom stereocenters. The van der Waals surface area contributed by atoms with E-state index in [1.807, 2.05) is 0 Å². The Balaban J connectivity index is 2.10. The lowest BCUT2D eigenvalue weighted by atomic mass is 9.79. The van der Waals surface area contributed by atoms with Gasteiger partial charge in [-0.15, -0.1) is 0 Å². The first kappa shape index (κ1) is 12.4. The van der Waals surface area contributed by atoms with Crippen molar-refractivity contribution in [2.45, 2.75) is 76.3 Å². The molecule has 1 saturated carbocycles. The normalized spacial score (nSPS) is 32.2. The van der Waals surface area contributed by atoms with Crippen molar-refractivity contribution in [2.24, 2.45) is 5.73 Å². The molecular weight excluding hydrogens is 196 g/mol. The lowest BCUT2D eigenvalue weighted by molar-refractivity contribution is 0.0266. The predicted molar refractivity (Wildman–Crippen MR) is 69.5 cm³/mol. The second kappa shape index (κ2) is 5.50. The summed E-state index contributed by atoms with van der Waals surface area (Å²) < 4.78 is 0. The van der Waals surface area contributed by atoms with E-state index in [2.05, 4.69) is 11.8 Å². The van der Waals surface area contributed by atoms with Crippen LogP contribution in [0, 0.1) is 0 Å². The van der Waals surface area contributed by atoms with Crippen LogP contribution in [-0.4, -0.2) is 29.6 Å². The van der Waals surface area contributed by atoms with Crippen LogP contribution in [0.25, 0.3) is 0 Å². The molecule has 0 radical (unpaired) electrons. The summed E-state index contributed by atoms with van der Waals surface area (Å²) in [5.41, 5.74) is 6.50. The van der Waals surface area contributed by atoms with Crippen molar-refractivity contribution in [2.75, 3.05) is 13.1 Å². The zero-order valence-electron chi connectivity index (χ0n) is 10.9. The third-order valence-electron chi connectivity index (χ3n) is 4.83. The predicted octanol–water partition coefficient (Wildman–Crippen LogP) is 2.91. The topological polar surface area (TPSA) is 29.3 Å². The van der Waals surface area contributed by atoms with E-state index in [1.54, 1.807) is 0 Å². The third-order valence-corrected chi connectivity index (χ3v) is 4.83. The van der Waals surface area contributed by atoms with E-state index in [0.717, 1.165) is 12.6 Å². The fourth-order valence-electron chi connectivity index (χ4n) is 3.80. The summed E-state index contributed by atoms with van der Waals surface area (Å²) in [5, 5.41) is 0. The fourth-order valence-corrected chi connectivity index (χ4v) is 3.80. The molecule has 1 aliphatic carbocycles. The smallest absolute Gasteiger partial charge is 0.0334 e. The van der Waals surface area contributed by atoms with Gasteiger partial charge < -0.3 is 5.73 Å². The van der Waals surface area contributed by atoms with Gasteiger partial charge >= 0.3 is 0 Å². The minimum absolute atomic E-state index is 0.363. The Labute approximate surface area is 101 Å². The first-order valence-corrected chi connectivity index (χ1v) is 7.25. The quantitative estimate of drug-likeness (QED) is 0.781. The number of hydrogen-bond acceptors (Lipinski definition) is 2. The molecule has 0 aromatic heterocycles. The summed E-state index contributed by atoms with van der Waals surface area (Å²) in [6.07, 6.45) is 12.5. The van der Waals surface area contributed by atoms with Gasteiger partial charge in [-0.25, -0.2) is 0 Å². The van der Waals surface area contributed by atoms with Gasteiger partial charge in [-0.3, -0.25) is 4.90 Å². The van der Waals surface area contributed by atoms with Crippen molar-refractivity contribution in [1.29, 1.82) is 0 Å². The van der Waals surface area contributed by atoms with Gasteiger partial charge in [0.2, 0.25) is 0 Å². The summed E-state index contributed by atoms with van der Waals surface area (Å²) in [4.78, 5) is 2.78. The van der Waals surface area contributed by atoms with Gasteiger partial charge in [0.15, 0.2) is 0 Å². The molecule has 1 atom stereocenters. The highest BCUT2D eigenvalue weighted by molar-refractivity contribution is 4.96. The Morgan fingerprint density at radius 2 is 1.75 bits per heavy atom. The van der Waals surface area contributed by atoms with Crippen LogP contribution in [-0.2, 0) is 0 Å². The molecule has 94 valence electrons. The summed E-state index contributed by atoms with van der Waals surface area (Å²) in [6, 6.07) is 0.754. The third kappa shape index (κ3) is 2.43. The summed E-state index contributed by atoms with van der Waals surface area (Å²) >= 11 is 0.